The fourth-order valence-corrected chi connectivity index (χ4v) is 9.14. The Hall–Kier alpha value is -6.55. The van der Waals surface area contributed by atoms with Crippen LogP contribution in [-0.2, 0) is 50.3 Å². The molecule has 3 aromatic heterocycles. The Bertz CT molecular complexity index is 3400. The minimum absolute atomic E-state index is 0. The van der Waals surface area contributed by atoms with E-state index in [1.165, 1.54) is 33.4 Å². The van der Waals surface area contributed by atoms with Crippen LogP contribution in [0.15, 0.2) is 164 Å². The summed E-state index contributed by atoms with van der Waals surface area (Å²) in [7, 11) is 0. The molecule has 344 valence electrons. The number of aryl methyl sites for hydroxylation is 2. The molecule has 0 spiro atoms. The van der Waals surface area contributed by atoms with Crippen LogP contribution in [0.1, 0.15) is 84.6 Å². The zero-order chi connectivity index (χ0) is 46.7. The molecule has 0 saturated carbocycles. The molecular weight excluding hydrogens is 1010 g/mol. The maximum atomic E-state index is 6.72. The molecule has 3 heterocycles. The molecule has 0 radical (unpaired) electrons. The average Bonchev–Trinajstić information content (AvgIpc) is 3.86. The molecule has 0 unspecified atom stereocenters. The summed E-state index contributed by atoms with van der Waals surface area (Å²) < 4.78 is 13.4. The second-order valence-corrected chi connectivity index (χ2v) is 21.0. The van der Waals surface area contributed by atoms with Gasteiger partial charge in [-0.25, -0.2) is 4.98 Å². The smallest absolute Gasteiger partial charge is 0.242 e. The molecule has 0 aliphatic heterocycles. The second kappa shape index (κ2) is 18.2. The molecule has 6 heteroatoms. The normalized spacial score (nSPS) is 12.2. The third-order valence-electron chi connectivity index (χ3n) is 13.0. The van der Waals surface area contributed by atoms with Crippen molar-refractivity contribution in [3.63, 3.8) is 0 Å². The Balaban J connectivity index is 0.00000578. The van der Waals surface area contributed by atoms with Gasteiger partial charge in [0.15, 0.2) is 0 Å². The van der Waals surface area contributed by atoms with Gasteiger partial charge in [-0.05, 0) is 84.3 Å². The van der Waals surface area contributed by atoms with Crippen molar-refractivity contribution >= 4 is 32.8 Å². The zero-order valence-electron chi connectivity index (χ0n) is 40.5. The maximum absolute atomic E-state index is 6.72. The van der Waals surface area contributed by atoms with Crippen LogP contribution < -0.4 is 9.30 Å². The predicted molar refractivity (Wildman–Crippen MR) is 276 cm³/mol. The van der Waals surface area contributed by atoms with Crippen LogP contribution >= 0.6 is 0 Å². The van der Waals surface area contributed by atoms with Gasteiger partial charge in [-0.15, -0.1) is 29.7 Å². The molecule has 0 bridgehead atoms. The monoisotopic (exact) mass is 1070 g/mol. The van der Waals surface area contributed by atoms with E-state index in [-0.39, 0.29) is 37.3 Å². The van der Waals surface area contributed by atoms with Crippen molar-refractivity contribution in [2.24, 2.45) is 0 Å². The first-order chi connectivity index (χ1) is 32.1. The first-order valence-corrected chi connectivity index (χ1v) is 23.5. The molecule has 68 heavy (non-hydrogen) atoms. The van der Waals surface area contributed by atoms with Crippen molar-refractivity contribution in [2.45, 2.75) is 91.5 Å². The first-order valence-electron chi connectivity index (χ1n) is 23.5. The number of para-hydroxylation sites is 1. The van der Waals surface area contributed by atoms with Crippen LogP contribution in [0.4, 0.5) is 0 Å². The van der Waals surface area contributed by atoms with Gasteiger partial charge in [0.2, 0.25) is 6.33 Å². The van der Waals surface area contributed by atoms with Crippen LogP contribution in [0.3, 0.4) is 0 Å². The number of rotatable bonds is 9. The second-order valence-electron chi connectivity index (χ2n) is 21.0. The Morgan fingerprint density at radius 2 is 1.21 bits per heavy atom. The van der Waals surface area contributed by atoms with Crippen molar-refractivity contribution in [3.8, 4) is 45.3 Å². The molecule has 0 atom stereocenters. The van der Waals surface area contributed by atoms with Crippen LogP contribution in [0.5, 0.6) is 11.5 Å². The number of imidazole rings is 1. The number of fused-ring (bicyclic) bond motifs is 4. The molecule has 0 N–H and O–H groups in total. The summed E-state index contributed by atoms with van der Waals surface area (Å²) >= 11 is 0. The van der Waals surface area contributed by atoms with Gasteiger partial charge >= 0.3 is 0 Å². The van der Waals surface area contributed by atoms with Gasteiger partial charge in [-0.3, -0.25) is 0 Å². The van der Waals surface area contributed by atoms with Crippen LogP contribution in [0, 0.1) is 18.5 Å². The van der Waals surface area contributed by atoms with E-state index in [0.717, 1.165) is 68.4 Å². The maximum Gasteiger partial charge on any atom is 0.242 e. The summed E-state index contributed by atoms with van der Waals surface area (Å²) in [5.41, 5.74) is 14.9. The zero-order valence-corrected chi connectivity index (χ0v) is 42.8. The standard InChI is InChI=1S/C62H58N4O.Pt/c1-60(2,3)46-30-32-63-58(38-46)66-55-29-26-45(43-18-12-10-13-19-43)36-54(55)53-28-27-51(40-57(53)66)67-50-23-16-22-49(39-50)65-41-64(59-52(24-17-25-56(59)65)44-20-14-11-15-21-44)33-31-42-34-47(61(4,5)6)37-48(35-42)62(7,8)9;/h10-30,32,34-38H,31,33H2,1-9H3;/q-2;. The molecule has 0 fully saturated rings. The Morgan fingerprint density at radius 3 is 1.90 bits per heavy atom. The van der Waals surface area contributed by atoms with E-state index in [1.54, 1.807) is 0 Å². The van der Waals surface area contributed by atoms with E-state index in [4.69, 9.17) is 9.72 Å². The third kappa shape index (κ3) is 9.22. The molecule has 5 nitrogen and oxygen atoms in total. The number of benzene rings is 7. The molecular formula is C62H58N4OPt-2. The fourth-order valence-electron chi connectivity index (χ4n) is 9.14. The first kappa shape index (κ1) is 46.6. The molecule has 0 aliphatic rings. The Labute approximate surface area is 416 Å². The molecule has 10 aromatic rings. The van der Waals surface area contributed by atoms with E-state index in [0.29, 0.717) is 11.5 Å². The topological polar surface area (TPSA) is 35.9 Å². The van der Waals surface area contributed by atoms with E-state index in [1.807, 2.05) is 24.4 Å². The molecule has 0 amide bonds. The van der Waals surface area contributed by atoms with Gasteiger partial charge in [0, 0.05) is 50.7 Å². The number of hydrogen-bond acceptors (Lipinski definition) is 2. The number of pyridine rings is 1. The van der Waals surface area contributed by atoms with E-state index in [2.05, 4.69) is 234 Å². The summed E-state index contributed by atoms with van der Waals surface area (Å²) in [6.07, 6.45) is 6.57. The third-order valence-corrected chi connectivity index (χ3v) is 13.0. The van der Waals surface area contributed by atoms with Gasteiger partial charge in [0.25, 0.3) is 0 Å². The van der Waals surface area contributed by atoms with Gasteiger partial charge in [0.05, 0.1) is 17.6 Å². The molecule has 0 saturated heterocycles. The summed E-state index contributed by atoms with van der Waals surface area (Å²) in [6.45, 7) is 21.3. The SMILES string of the molecule is CC(C)(C)c1cc(CC[n+]2[c-]n(-c3[c-]c(Oc4[c-]c5c(cc4)c4cc(-c6ccccc6)ccc4n5-c4cc(C(C)(C)C)ccn4)ccc3)c3cccc(-c4ccccc4)c32)cc(C(C)(C)C)c1.[Pt]. The van der Waals surface area contributed by atoms with E-state index >= 15 is 0 Å². The quantitative estimate of drug-likeness (QED) is 0.107. The fraction of sp³-hybridized carbons (Fsp3) is 0.226. The largest absolute Gasteiger partial charge is 0.510 e. The minimum atomic E-state index is -0.0468. The van der Waals surface area contributed by atoms with Crippen LogP contribution in [0.25, 0.3) is 66.6 Å². The van der Waals surface area contributed by atoms with Crippen LogP contribution in [-0.4, -0.2) is 14.1 Å². The van der Waals surface area contributed by atoms with Crippen molar-refractivity contribution in [1.82, 2.24) is 14.1 Å². The average molecular weight is 1070 g/mol. The van der Waals surface area contributed by atoms with Crippen LogP contribution in [0.2, 0.25) is 0 Å². The van der Waals surface area contributed by atoms with Gasteiger partial charge in [-0.2, -0.15) is 18.2 Å². The van der Waals surface area contributed by atoms with Gasteiger partial charge < -0.3 is 18.4 Å². The number of ether oxygens (including phenoxy) is 1. The summed E-state index contributed by atoms with van der Waals surface area (Å²) in [5.74, 6) is 2.02. The molecule has 7 aromatic carbocycles. The number of nitrogens with zero attached hydrogens (tertiary/aromatic N) is 4. The van der Waals surface area contributed by atoms with Gasteiger partial charge in [0.1, 0.15) is 5.82 Å². The van der Waals surface area contributed by atoms with Crippen molar-refractivity contribution in [3.05, 3.63) is 205 Å². The van der Waals surface area contributed by atoms with E-state index < -0.39 is 0 Å². The van der Waals surface area contributed by atoms with Crippen molar-refractivity contribution < 1.29 is 30.4 Å². The number of aromatic nitrogens is 4. The summed E-state index contributed by atoms with van der Waals surface area (Å²) in [4.78, 5) is 4.93. The van der Waals surface area contributed by atoms with Gasteiger partial charge in [-0.1, -0.05) is 183 Å². The van der Waals surface area contributed by atoms with Crippen molar-refractivity contribution in [2.75, 3.05) is 0 Å². The summed E-state index contributed by atoms with van der Waals surface area (Å²) in [6, 6.07) is 63.4. The minimum Gasteiger partial charge on any atom is -0.510 e. The predicted octanol–water partition coefficient (Wildman–Crippen LogP) is 15.1. The Kier molecular flexibility index (Phi) is 12.4. The summed E-state index contributed by atoms with van der Waals surface area (Å²) in [5, 5.41) is 2.21. The van der Waals surface area contributed by atoms with Crippen molar-refractivity contribution in [1.29, 1.82) is 0 Å². The Morgan fingerprint density at radius 1 is 0.544 bits per heavy atom. The molecule has 10 rings (SSSR count). The molecule has 0 aliphatic carbocycles. The number of hydrogen-bond donors (Lipinski definition) is 0. The van der Waals surface area contributed by atoms with E-state index in [9.17, 15) is 0 Å².